The van der Waals surface area contributed by atoms with Crippen molar-refractivity contribution in [1.82, 2.24) is 14.7 Å². The summed E-state index contributed by atoms with van der Waals surface area (Å²) < 4.78 is 0. The second-order valence-electron chi connectivity index (χ2n) is 10.1. The highest BCUT2D eigenvalue weighted by Crippen LogP contribution is 2.37. The van der Waals surface area contributed by atoms with Gasteiger partial charge in [-0.1, -0.05) is 43.0 Å². The maximum Gasteiger partial charge on any atom is 0.227 e. The van der Waals surface area contributed by atoms with Crippen molar-refractivity contribution in [1.29, 1.82) is 0 Å². The third kappa shape index (κ3) is 4.80. The summed E-state index contributed by atoms with van der Waals surface area (Å²) in [6.45, 7) is 10.5. The molecule has 2 atom stereocenters. The number of benzene rings is 1. The van der Waals surface area contributed by atoms with Crippen LogP contribution in [0.25, 0.3) is 0 Å². The van der Waals surface area contributed by atoms with E-state index in [1.54, 1.807) is 0 Å². The monoisotopic (exact) mass is 446 g/mol. The predicted molar refractivity (Wildman–Crippen MR) is 127 cm³/mol. The van der Waals surface area contributed by atoms with Crippen LogP contribution in [0.1, 0.15) is 57.4 Å². The molecule has 3 aliphatic rings. The van der Waals surface area contributed by atoms with Crippen LogP contribution >= 0.6 is 11.6 Å². The van der Waals surface area contributed by atoms with Crippen LogP contribution in [0.15, 0.2) is 24.3 Å². The minimum atomic E-state index is 0.0216. The topological polar surface area (TPSA) is 52.8 Å². The van der Waals surface area contributed by atoms with Gasteiger partial charge in [0, 0.05) is 68.3 Å². The van der Waals surface area contributed by atoms with Gasteiger partial charge < -0.3 is 10.6 Å². The maximum absolute atomic E-state index is 13.7. The van der Waals surface area contributed by atoms with Crippen molar-refractivity contribution < 1.29 is 4.79 Å². The second kappa shape index (κ2) is 9.78. The van der Waals surface area contributed by atoms with E-state index in [-0.39, 0.29) is 17.4 Å². The lowest BCUT2D eigenvalue weighted by Crippen LogP contribution is -2.62. The van der Waals surface area contributed by atoms with Gasteiger partial charge in [-0.2, -0.15) is 0 Å². The minimum absolute atomic E-state index is 0.0216. The van der Waals surface area contributed by atoms with E-state index in [4.69, 9.17) is 17.3 Å². The Morgan fingerprint density at radius 3 is 2.29 bits per heavy atom. The van der Waals surface area contributed by atoms with Crippen LogP contribution in [0, 0.1) is 5.92 Å². The molecule has 0 radical (unpaired) electrons. The average Bonchev–Trinajstić information content (AvgIpc) is 3.25. The number of halogens is 1. The van der Waals surface area contributed by atoms with E-state index < -0.39 is 0 Å². The number of hydrogen-bond donors (Lipinski definition) is 1. The first-order valence-corrected chi connectivity index (χ1v) is 12.5. The van der Waals surface area contributed by atoms with Crippen molar-refractivity contribution in [2.75, 3.05) is 45.8 Å². The summed E-state index contributed by atoms with van der Waals surface area (Å²) in [5, 5.41) is 0.748. The number of carbonyl (C=O) groups excluding carboxylic acids is 1. The third-order valence-corrected chi connectivity index (χ3v) is 8.37. The molecule has 1 amide bonds. The number of likely N-dealkylation sites (tertiary alicyclic amines) is 1. The lowest BCUT2D eigenvalue weighted by atomic mass is 9.80. The lowest BCUT2D eigenvalue weighted by molar-refractivity contribution is -0.138. The first-order valence-electron chi connectivity index (χ1n) is 12.2. The van der Waals surface area contributed by atoms with E-state index >= 15 is 0 Å². The molecular formula is C25H39ClN4O. The van der Waals surface area contributed by atoms with Gasteiger partial charge in [0.1, 0.15) is 0 Å². The van der Waals surface area contributed by atoms with E-state index in [1.165, 1.54) is 37.7 Å². The van der Waals surface area contributed by atoms with Crippen LogP contribution in [-0.2, 0) is 4.79 Å². The highest BCUT2D eigenvalue weighted by molar-refractivity contribution is 6.30. The van der Waals surface area contributed by atoms with Crippen molar-refractivity contribution in [3.05, 3.63) is 34.9 Å². The van der Waals surface area contributed by atoms with Gasteiger partial charge in [0.15, 0.2) is 0 Å². The maximum atomic E-state index is 13.7. The van der Waals surface area contributed by atoms with E-state index in [9.17, 15) is 4.79 Å². The second-order valence-corrected chi connectivity index (χ2v) is 10.6. The Balaban J connectivity index is 1.44. The Morgan fingerprint density at radius 1 is 1.06 bits per heavy atom. The Bertz CT molecular complexity index is 738. The van der Waals surface area contributed by atoms with Crippen LogP contribution in [-0.4, -0.2) is 78.0 Å². The standard InChI is InChI=1S/C25H39ClN4O/c1-19(2)29-16-22(20-6-8-21(26)9-7-20)23(17-29)24(31)28-12-14-30(15-13-28)25(18-27)10-4-3-5-11-25/h6-9,19,22-23H,3-5,10-18,27H2,1-2H3/t22-,23+/m0/s1. The number of nitrogens with two attached hydrogens (primary N) is 1. The van der Waals surface area contributed by atoms with Crippen molar-refractivity contribution in [3.8, 4) is 0 Å². The number of nitrogens with zero attached hydrogens (tertiary/aromatic N) is 3. The minimum Gasteiger partial charge on any atom is -0.340 e. The molecule has 0 unspecified atom stereocenters. The summed E-state index contributed by atoms with van der Waals surface area (Å²) in [6, 6.07) is 8.55. The largest absolute Gasteiger partial charge is 0.340 e. The molecule has 2 N–H and O–H groups in total. The lowest BCUT2D eigenvalue weighted by Gasteiger charge is -2.49. The molecule has 2 aliphatic heterocycles. The molecule has 3 fully saturated rings. The van der Waals surface area contributed by atoms with Gasteiger partial charge in [0.2, 0.25) is 5.91 Å². The molecule has 1 aromatic rings. The molecule has 0 bridgehead atoms. The molecule has 31 heavy (non-hydrogen) atoms. The Morgan fingerprint density at radius 2 is 1.71 bits per heavy atom. The van der Waals surface area contributed by atoms with E-state index in [0.29, 0.717) is 11.9 Å². The molecule has 1 aromatic carbocycles. The fraction of sp³-hybridized carbons (Fsp3) is 0.720. The summed E-state index contributed by atoms with van der Waals surface area (Å²) >= 11 is 6.12. The zero-order valence-corrected chi connectivity index (χ0v) is 20.0. The van der Waals surface area contributed by atoms with Crippen molar-refractivity contribution in [3.63, 3.8) is 0 Å². The van der Waals surface area contributed by atoms with Gasteiger partial charge in [0.05, 0.1) is 5.92 Å². The normalized spacial score (nSPS) is 27.7. The highest BCUT2D eigenvalue weighted by Gasteiger charge is 2.43. The zero-order valence-electron chi connectivity index (χ0n) is 19.2. The van der Waals surface area contributed by atoms with Crippen molar-refractivity contribution in [2.24, 2.45) is 11.7 Å². The number of amides is 1. The molecule has 5 nitrogen and oxygen atoms in total. The Kier molecular flexibility index (Phi) is 7.27. The zero-order chi connectivity index (χ0) is 22.0. The summed E-state index contributed by atoms with van der Waals surface area (Å²) in [6.07, 6.45) is 6.32. The molecule has 172 valence electrons. The number of carbonyl (C=O) groups is 1. The summed E-state index contributed by atoms with van der Waals surface area (Å²) in [4.78, 5) is 20.9. The average molecular weight is 447 g/mol. The van der Waals surface area contributed by atoms with Crippen LogP contribution < -0.4 is 5.73 Å². The van der Waals surface area contributed by atoms with Crippen LogP contribution in [0.5, 0.6) is 0 Å². The molecule has 6 heteroatoms. The smallest absolute Gasteiger partial charge is 0.227 e. The van der Waals surface area contributed by atoms with Gasteiger partial charge in [-0.15, -0.1) is 0 Å². The molecule has 2 heterocycles. The van der Waals surface area contributed by atoms with Gasteiger partial charge in [-0.3, -0.25) is 14.6 Å². The van der Waals surface area contributed by atoms with Gasteiger partial charge in [-0.25, -0.2) is 0 Å². The molecule has 4 rings (SSSR count). The predicted octanol–water partition coefficient (Wildman–Crippen LogP) is 3.57. The Labute approximate surface area is 192 Å². The van der Waals surface area contributed by atoms with Crippen molar-refractivity contribution >= 4 is 17.5 Å². The first kappa shape index (κ1) is 23.0. The van der Waals surface area contributed by atoms with Crippen LogP contribution in [0.4, 0.5) is 0 Å². The van der Waals surface area contributed by atoms with Gasteiger partial charge >= 0.3 is 0 Å². The molecule has 0 spiro atoms. The summed E-state index contributed by atoms with van der Waals surface area (Å²) in [7, 11) is 0. The summed E-state index contributed by atoms with van der Waals surface area (Å²) in [5.41, 5.74) is 7.66. The van der Waals surface area contributed by atoms with E-state index in [0.717, 1.165) is 50.8 Å². The molecule has 0 aromatic heterocycles. The molecule has 1 aliphatic carbocycles. The fourth-order valence-electron chi connectivity index (χ4n) is 6.05. The molecule has 1 saturated carbocycles. The fourth-order valence-corrected chi connectivity index (χ4v) is 6.17. The van der Waals surface area contributed by atoms with Crippen molar-refractivity contribution in [2.45, 2.75) is 63.5 Å². The Hall–Kier alpha value is -1.14. The van der Waals surface area contributed by atoms with Gasteiger partial charge in [0.25, 0.3) is 0 Å². The highest BCUT2D eigenvalue weighted by atomic mass is 35.5. The number of rotatable bonds is 5. The quantitative estimate of drug-likeness (QED) is 0.751. The van der Waals surface area contributed by atoms with E-state index in [2.05, 4.69) is 40.7 Å². The first-order chi connectivity index (χ1) is 14.9. The van der Waals surface area contributed by atoms with Crippen LogP contribution in [0.3, 0.4) is 0 Å². The van der Waals surface area contributed by atoms with E-state index in [1.807, 2.05) is 12.1 Å². The molecular weight excluding hydrogens is 408 g/mol. The number of piperazine rings is 1. The van der Waals surface area contributed by atoms with Crippen LogP contribution in [0.2, 0.25) is 5.02 Å². The third-order valence-electron chi connectivity index (χ3n) is 8.12. The molecule has 2 saturated heterocycles. The summed E-state index contributed by atoms with van der Waals surface area (Å²) in [5.74, 6) is 0.584. The SMILES string of the molecule is CC(C)N1C[C@@H](C(=O)N2CCN(C3(CN)CCCCC3)CC2)[C@H](c2ccc(Cl)cc2)C1. The number of hydrogen-bond acceptors (Lipinski definition) is 4. The van der Waals surface area contributed by atoms with Gasteiger partial charge in [-0.05, 0) is 44.4 Å².